The van der Waals surface area contributed by atoms with E-state index in [9.17, 15) is 10.4 Å². The van der Waals surface area contributed by atoms with Gasteiger partial charge in [-0.05, 0) is 37.6 Å². The fourth-order valence-electron chi connectivity index (χ4n) is 5.18. The molecule has 3 saturated heterocycles. The molecule has 158 valence electrons. The lowest BCUT2D eigenvalue weighted by Crippen LogP contribution is -2.62. The van der Waals surface area contributed by atoms with Crippen molar-refractivity contribution < 1.29 is 9.84 Å². The van der Waals surface area contributed by atoms with Gasteiger partial charge in [-0.3, -0.25) is 14.8 Å². The first-order chi connectivity index (χ1) is 14.6. The molecule has 3 aliphatic heterocycles. The lowest BCUT2D eigenvalue weighted by molar-refractivity contribution is -0.0558. The summed E-state index contributed by atoms with van der Waals surface area (Å²) in [5.74, 6) is 0. The third-order valence-electron chi connectivity index (χ3n) is 6.64. The highest BCUT2D eigenvalue weighted by Gasteiger charge is 2.37. The van der Waals surface area contributed by atoms with Crippen LogP contribution in [0.25, 0.3) is 10.9 Å². The monoisotopic (exact) mass is 407 g/mol. The number of β-amino-alcohol motifs (C(OH)–C–C–N with tert-alkyl or cyclic N) is 1. The molecule has 1 aromatic heterocycles. The third kappa shape index (κ3) is 3.77. The molecule has 0 saturated carbocycles. The average molecular weight is 408 g/mol. The maximum absolute atomic E-state index is 9.77. The number of fused-ring (bicyclic) bond motifs is 1. The number of likely N-dealkylation sites (tertiary alicyclic amines) is 2. The van der Waals surface area contributed by atoms with E-state index in [0.717, 1.165) is 68.8 Å². The number of nitriles is 1. The Labute approximate surface area is 177 Å². The summed E-state index contributed by atoms with van der Waals surface area (Å²) in [5, 5.41) is 20.2. The number of aliphatic hydroxyl groups excluding tert-OH is 1. The minimum atomic E-state index is -0.146. The molecule has 3 fully saturated rings. The van der Waals surface area contributed by atoms with Crippen molar-refractivity contribution in [1.29, 1.82) is 5.26 Å². The Morgan fingerprint density at radius 2 is 2.07 bits per heavy atom. The molecule has 0 bridgehead atoms. The fraction of sp³-hybridized carbons (Fsp3) is 0.565. The van der Waals surface area contributed by atoms with E-state index in [4.69, 9.17) is 4.74 Å². The number of nitrogens with zero attached hydrogens (tertiary/aromatic N) is 5. The number of anilines is 1. The van der Waals surface area contributed by atoms with Gasteiger partial charge in [-0.1, -0.05) is 0 Å². The molecule has 7 heteroatoms. The van der Waals surface area contributed by atoms with Crippen LogP contribution in [0.4, 0.5) is 5.69 Å². The number of pyridine rings is 1. The molecule has 30 heavy (non-hydrogen) atoms. The molecule has 1 N–H and O–H groups in total. The molecule has 0 amide bonds. The minimum Gasteiger partial charge on any atom is -0.392 e. The minimum absolute atomic E-state index is 0.146. The van der Waals surface area contributed by atoms with Crippen LogP contribution in [0.15, 0.2) is 30.5 Å². The summed E-state index contributed by atoms with van der Waals surface area (Å²) in [6.07, 6.45) is 2.81. The molecule has 0 radical (unpaired) electrons. The smallest absolute Gasteiger partial charge is 0.101 e. The number of hydrogen-bond acceptors (Lipinski definition) is 7. The van der Waals surface area contributed by atoms with Gasteiger partial charge in [0, 0.05) is 69.1 Å². The van der Waals surface area contributed by atoms with E-state index in [1.54, 1.807) is 6.20 Å². The molecule has 7 nitrogen and oxygen atoms in total. The highest BCUT2D eigenvalue weighted by atomic mass is 16.5. The highest BCUT2D eigenvalue weighted by molar-refractivity contribution is 5.95. The Morgan fingerprint density at radius 1 is 1.20 bits per heavy atom. The molecule has 3 aliphatic rings. The van der Waals surface area contributed by atoms with Crippen LogP contribution in [0.5, 0.6) is 0 Å². The summed E-state index contributed by atoms with van der Waals surface area (Å²) in [7, 11) is 0. The topological polar surface area (TPSA) is 75.9 Å². The van der Waals surface area contributed by atoms with Gasteiger partial charge in [0.1, 0.15) is 6.07 Å². The second-order valence-corrected chi connectivity index (χ2v) is 8.93. The van der Waals surface area contributed by atoms with E-state index in [0.29, 0.717) is 11.6 Å². The molecular formula is C23H29N5O2. The van der Waals surface area contributed by atoms with Crippen molar-refractivity contribution in [3.63, 3.8) is 0 Å². The molecule has 0 unspecified atom stereocenters. The number of aliphatic hydroxyl groups is 1. The van der Waals surface area contributed by atoms with E-state index < -0.39 is 0 Å². The van der Waals surface area contributed by atoms with E-state index in [-0.39, 0.29) is 18.3 Å². The summed E-state index contributed by atoms with van der Waals surface area (Å²) >= 11 is 0. The number of morpholine rings is 1. The molecule has 0 aliphatic carbocycles. The van der Waals surface area contributed by atoms with E-state index in [1.807, 2.05) is 12.1 Å². The van der Waals surface area contributed by atoms with E-state index in [1.165, 1.54) is 0 Å². The largest absolute Gasteiger partial charge is 0.392 e. The van der Waals surface area contributed by atoms with Crippen LogP contribution in [0.2, 0.25) is 0 Å². The van der Waals surface area contributed by atoms with Crippen LogP contribution in [-0.4, -0.2) is 90.1 Å². The summed E-state index contributed by atoms with van der Waals surface area (Å²) in [4.78, 5) is 11.7. The summed E-state index contributed by atoms with van der Waals surface area (Å²) in [5.41, 5.74) is 2.52. The Kier molecular flexibility index (Phi) is 5.34. The van der Waals surface area contributed by atoms with Gasteiger partial charge in [0.05, 0.1) is 29.4 Å². The Bertz CT molecular complexity index is 954. The molecule has 0 spiro atoms. The molecule has 3 atom stereocenters. The molecule has 2 aromatic rings. The second-order valence-electron chi connectivity index (χ2n) is 8.93. The number of ether oxygens (including phenoxy) is 1. The predicted octanol–water partition coefficient (Wildman–Crippen LogP) is 1.45. The predicted molar refractivity (Wildman–Crippen MR) is 115 cm³/mol. The zero-order valence-corrected chi connectivity index (χ0v) is 17.4. The Hall–Kier alpha value is -2.24. The number of rotatable bonds is 4. The average Bonchev–Trinajstić information content (AvgIpc) is 3.14. The van der Waals surface area contributed by atoms with E-state index >= 15 is 0 Å². The van der Waals surface area contributed by atoms with Crippen molar-refractivity contribution in [2.24, 2.45) is 0 Å². The maximum Gasteiger partial charge on any atom is 0.101 e. The first kappa shape index (κ1) is 19.7. The van der Waals surface area contributed by atoms with Crippen LogP contribution >= 0.6 is 0 Å². The number of aromatic nitrogens is 1. The summed E-state index contributed by atoms with van der Waals surface area (Å²) < 4.78 is 6.27. The lowest BCUT2D eigenvalue weighted by Gasteiger charge is -2.47. The zero-order valence-electron chi connectivity index (χ0n) is 17.4. The van der Waals surface area contributed by atoms with Crippen LogP contribution < -0.4 is 4.90 Å². The van der Waals surface area contributed by atoms with Crippen molar-refractivity contribution in [1.82, 2.24) is 14.8 Å². The van der Waals surface area contributed by atoms with Gasteiger partial charge >= 0.3 is 0 Å². The lowest BCUT2D eigenvalue weighted by atomic mass is 10.0. The molecule has 1 aromatic carbocycles. The van der Waals surface area contributed by atoms with Gasteiger partial charge in [-0.2, -0.15) is 5.26 Å². The summed E-state index contributed by atoms with van der Waals surface area (Å²) in [6, 6.07) is 10.8. The highest BCUT2D eigenvalue weighted by Crippen LogP contribution is 2.31. The fourth-order valence-corrected chi connectivity index (χ4v) is 5.18. The van der Waals surface area contributed by atoms with E-state index in [2.05, 4.69) is 44.8 Å². The van der Waals surface area contributed by atoms with Gasteiger partial charge in [0.25, 0.3) is 0 Å². The van der Waals surface area contributed by atoms with Crippen molar-refractivity contribution in [2.75, 3.05) is 50.7 Å². The van der Waals surface area contributed by atoms with Crippen LogP contribution in [0.1, 0.15) is 18.9 Å². The van der Waals surface area contributed by atoms with Gasteiger partial charge in [-0.15, -0.1) is 0 Å². The number of hydrogen-bond donors (Lipinski definition) is 1. The SMILES string of the molecule is C[C@@H]1CN(c2ccc(C#N)c3ncccc23)C[C@@H](CN2CC(N3CC[C@H](O)C3)C2)O1. The van der Waals surface area contributed by atoms with Crippen molar-refractivity contribution >= 4 is 16.6 Å². The summed E-state index contributed by atoms with van der Waals surface area (Å²) in [6.45, 7) is 8.70. The first-order valence-corrected chi connectivity index (χ1v) is 10.9. The van der Waals surface area contributed by atoms with Crippen LogP contribution in [-0.2, 0) is 4.74 Å². The zero-order chi connectivity index (χ0) is 20.7. The van der Waals surface area contributed by atoms with Crippen LogP contribution in [0, 0.1) is 11.3 Å². The Balaban J connectivity index is 1.26. The van der Waals surface area contributed by atoms with Crippen molar-refractivity contribution in [3.8, 4) is 6.07 Å². The molecule has 4 heterocycles. The molecular weight excluding hydrogens is 378 g/mol. The van der Waals surface area contributed by atoms with Crippen LogP contribution in [0.3, 0.4) is 0 Å². The Morgan fingerprint density at radius 3 is 2.83 bits per heavy atom. The van der Waals surface area contributed by atoms with Gasteiger partial charge in [0.2, 0.25) is 0 Å². The second kappa shape index (κ2) is 8.12. The van der Waals surface area contributed by atoms with Crippen molar-refractivity contribution in [2.45, 2.75) is 37.7 Å². The first-order valence-electron chi connectivity index (χ1n) is 10.9. The standard InChI is InChI=1S/C23H29N5O2/c1-16-10-28(22-5-4-17(9-24)23-21(22)3-2-7-25-23)15-20(30-16)14-26-11-18(12-26)27-8-6-19(29)13-27/h2-5,7,16,18-20,29H,6,8,10-15H2,1H3/t16-,19+,20-/m1/s1. The number of benzene rings is 1. The maximum atomic E-state index is 9.77. The van der Waals surface area contributed by atoms with Gasteiger partial charge in [0.15, 0.2) is 0 Å². The normalized spacial score (nSPS) is 28.6. The molecule has 5 rings (SSSR count). The van der Waals surface area contributed by atoms with Gasteiger partial charge in [-0.25, -0.2) is 0 Å². The quantitative estimate of drug-likeness (QED) is 0.822. The third-order valence-corrected chi connectivity index (χ3v) is 6.64. The van der Waals surface area contributed by atoms with Crippen molar-refractivity contribution in [3.05, 3.63) is 36.0 Å². The van der Waals surface area contributed by atoms with Gasteiger partial charge < -0.3 is 14.7 Å².